The van der Waals surface area contributed by atoms with Crippen LogP contribution in [-0.4, -0.2) is 44.3 Å². The van der Waals surface area contributed by atoms with Crippen LogP contribution >= 0.6 is 0 Å². The van der Waals surface area contributed by atoms with Crippen molar-refractivity contribution in [3.05, 3.63) is 41.2 Å². The van der Waals surface area contributed by atoms with Crippen LogP contribution in [-0.2, 0) is 0 Å². The van der Waals surface area contributed by atoms with Gasteiger partial charge in [0.25, 0.3) is 0 Å². The van der Waals surface area contributed by atoms with Crippen molar-refractivity contribution in [1.29, 1.82) is 0 Å². The minimum atomic E-state index is 0.530. The highest BCUT2D eigenvalue weighted by molar-refractivity contribution is 5.69. The average Bonchev–Trinajstić information content (AvgIpc) is 3.04. The van der Waals surface area contributed by atoms with E-state index < -0.39 is 0 Å². The molecule has 3 aromatic rings. The second-order valence-corrected chi connectivity index (χ2v) is 7.39. The Balaban J connectivity index is 1.39. The van der Waals surface area contributed by atoms with Crippen LogP contribution in [0.15, 0.2) is 18.5 Å². The molecule has 4 rings (SSSR count). The molecule has 0 unspecified atom stereocenters. The molecule has 1 aliphatic heterocycles. The van der Waals surface area contributed by atoms with Crippen molar-refractivity contribution in [1.82, 2.24) is 24.6 Å². The van der Waals surface area contributed by atoms with Crippen LogP contribution in [0.3, 0.4) is 0 Å². The molecule has 0 N–H and O–H groups in total. The fourth-order valence-electron chi connectivity index (χ4n) is 3.66. The molecule has 1 saturated heterocycles. The standard InChI is InChI=1S/C20H26N6O/c1-13-11-18-19(21-7-10-26(18)24-13)25-8-5-17(6-9-25)12-27-20-14(2)15(3)22-16(4)23-20/h7,10-11,17H,5-6,8-9,12H2,1-4H3. The topological polar surface area (TPSA) is 68.4 Å². The van der Waals surface area contributed by atoms with Gasteiger partial charge in [-0.15, -0.1) is 0 Å². The maximum absolute atomic E-state index is 6.05. The van der Waals surface area contributed by atoms with Crippen LogP contribution in [0.4, 0.5) is 5.82 Å². The molecule has 0 spiro atoms. The maximum atomic E-state index is 6.05. The van der Waals surface area contributed by atoms with Crippen LogP contribution in [0, 0.1) is 33.6 Å². The summed E-state index contributed by atoms with van der Waals surface area (Å²) in [5.41, 5.74) is 4.11. The van der Waals surface area contributed by atoms with Gasteiger partial charge in [0.05, 0.1) is 12.3 Å². The monoisotopic (exact) mass is 366 g/mol. The van der Waals surface area contributed by atoms with Crippen molar-refractivity contribution in [2.45, 2.75) is 40.5 Å². The number of nitrogens with zero attached hydrogens (tertiary/aromatic N) is 6. The Labute approximate surface area is 159 Å². The zero-order chi connectivity index (χ0) is 19.0. The van der Waals surface area contributed by atoms with Gasteiger partial charge in [0, 0.05) is 36.7 Å². The third-order valence-electron chi connectivity index (χ3n) is 5.32. The maximum Gasteiger partial charge on any atom is 0.219 e. The molecule has 0 aromatic carbocycles. The summed E-state index contributed by atoms with van der Waals surface area (Å²) < 4.78 is 7.97. The highest BCUT2D eigenvalue weighted by atomic mass is 16.5. The highest BCUT2D eigenvalue weighted by Gasteiger charge is 2.23. The number of fused-ring (bicyclic) bond motifs is 1. The molecule has 1 aliphatic rings. The lowest BCUT2D eigenvalue weighted by molar-refractivity contribution is 0.214. The van der Waals surface area contributed by atoms with Crippen LogP contribution in [0.25, 0.3) is 5.52 Å². The molecule has 0 atom stereocenters. The van der Waals surface area contributed by atoms with E-state index in [-0.39, 0.29) is 0 Å². The number of hydrogen-bond donors (Lipinski definition) is 0. The molecule has 0 aliphatic carbocycles. The second-order valence-electron chi connectivity index (χ2n) is 7.39. The summed E-state index contributed by atoms with van der Waals surface area (Å²) in [5.74, 6) is 3.04. The van der Waals surface area contributed by atoms with Crippen LogP contribution in [0.5, 0.6) is 5.88 Å². The van der Waals surface area contributed by atoms with Gasteiger partial charge in [0.15, 0.2) is 5.82 Å². The third-order valence-corrected chi connectivity index (χ3v) is 5.32. The van der Waals surface area contributed by atoms with Gasteiger partial charge < -0.3 is 9.64 Å². The van der Waals surface area contributed by atoms with E-state index in [2.05, 4.69) is 31.0 Å². The average molecular weight is 366 g/mol. The Morgan fingerprint density at radius 1 is 1.11 bits per heavy atom. The normalized spacial score (nSPS) is 15.5. The SMILES string of the molecule is Cc1cc2c(N3CCC(COc4nc(C)nc(C)c4C)CC3)nccn2n1. The number of ether oxygens (including phenoxy) is 1. The van der Waals surface area contributed by atoms with Crippen molar-refractivity contribution >= 4 is 11.3 Å². The minimum Gasteiger partial charge on any atom is -0.477 e. The number of aryl methyl sites for hydroxylation is 3. The number of hydrogen-bond acceptors (Lipinski definition) is 6. The zero-order valence-corrected chi connectivity index (χ0v) is 16.4. The minimum absolute atomic E-state index is 0.530. The van der Waals surface area contributed by atoms with E-state index in [9.17, 15) is 0 Å². The quantitative estimate of drug-likeness (QED) is 0.707. The summed E-state index contributed by atoms with van der Waals surface area (Å²) in [7, 11) is 0. The van der Waals surface area contributed by atoms with Gasteiger partial charge in [-0.3, -0.25) is 0 Å². The Morgan fingerprint density at radius 3 is 2.67 bits per heavy atom. The number of aromatic nitrogens is 5. The van der Waals surface area contributed by atoms with Gasteiger partial charge in [-0.25, -0.2) is 14.5 Å². The van der Waals surface area contributed by atoms with Gasteiger partial charge in [0.1, 0.15) is 11.3 Å². The van der Waals surface area contributed by atoms with E-state index in [0.29, 0.717) is 12.5 Å². The predicted octanol–water partition coefficient (Wildman–Crippen LogP) is 3.05. The van der Waals surface area contributed by atoms with E-state index in [1.54, 1.807) is 0 Å². The first-order chi connectivity index (χ1) is 13.0. The third kappa shape index (κ3) is 3.59. The molecule has 7 heteroatoms. The van der Waals surface area contributed by atoms with Gasteiger partial charge in [-0.2, -0.15) is 10.1 Å². The van der Waals surface area contributed by atoms with E-state index in [4.69, 9.17) is 4.74 Å². The Bertz CT molecular complexity index is 959. The van der Waals surface area contributed by atoms with Crippen LogP contribution in [0.2, 0.25) is 0 Å². The molecule has 4 heterocycles. The smallest absolute Gasteiger partial charge is 0.219 e. The predicted molar refractivity (Wildman–Crippen MR) is 104 cm³/mol. The van der Waals surface area contributed by atoms with Crippen molar-refractivity contribution < 1.29 is 4.74 Å². The van der Waals surface area contributed by atoms with Crippen LogP contribution in [0.1, 0.15) is 35.6 Å². The number of rotatable bonds is 4. The lowest BCUT2D eigenvalue weighted by atomic mass is 9.98. The summed E-state index contributed by atoms with van der Waals surface area (Å²) >= 11 is 0. The van der Waals surface area contributed by atoms with Crippen molar-refractivity contribution in [2.24, 2.45) is 5.92 Å². The summed E-state index contributed by atoms with van der Waals surface area (Å²) in [6.45, 7) is 10.6. The summed E-state index contributed by atoms with van der Waals surface area (Å²) in [6.07, 6.45) is 5.89. The summed E-state index contributed by atoms with van der Waals surface area (Å²) in [5, 5.41) is 4.49. The first-order valence-electron chi connectivity index (χ1n) is 9.52. The second kappa shape index (κ2) is 7.13. The molecule has 27 heavy (non-hydrogen) atoms. The molecule has 3 aromatic heterocycles. The molecule has 1 fully saturated rings. The Kier molecular flexibility index (Phi) is 4.68. The van der Waals surface area contributed by atoms with Crippen molar-refractivity contribution in [2.75, 3.05) is 24.6 Å². The Hall–Kier alpha value is -2.70. The molecule has 0 radical (unpaired) electrons. The molecule has 0 amide bonds. The van der Waals surface area contributed by atoms with Crippen molar-refractivity contribution in [3.8, 4) is 5.88 Å². The van der Waals surface area contributed by atoms with Gasteiger partial charge in [0.2, 0.25) is 5.88 Å². The summed E-state index contributed by atoms with van der Waals surface area (Å²) in [4.78, 5) is 15.8. The van der Waals surface area contributed by atoms with Gasteiger partial charge >= 0.3 is 0 Å². The van der Waals surface area contributed by atoms with E-state index in [1.165, 1.54) is 0 Å². The number of anilines is 1. The molecule has 0 saturated carbocycles. The van der Waals surface area contributed by atoms with E-state index in [1.807, 2.05) is 44.6 Å². The zero-order valence-electron chi connectivity index (χ0n) is 16.4. The highest BCUT2D eigenvalue weighted by Crippen LogP contribution is 2.26. The molecule has 0 bridgehead atoms. The first kappa shape index (κ1) is 17.7. The van der Waals surface area contributed by atoms with E-state index in [0.717, 1.165) is 65.9 Å². The first-order valence-corrected chi connectivity index (χ1v) is 9.52. The fraction of sp³-hybridized carbons (Fsp3) is 0.500. The lowest BCUT2D eigenvalue weighted by Crippen LogP contribution is -2.36. The van der Waals surface area contributed by atoms with Gasteiger partial charge in [-0.05, 0) is 52.5 Å². The fourth-order valence-corrected chi connectivity index (χ4v) is 3.66. The largest absolute Gasteiger partial charge is 0.477 e. The lowest BCUT2D eigenvalue weighted by Gasteiger charge is -2.32. The molecular weight excluding hydrogens is 340 g/mol. The molecule has 142 valence electrons. The molecular formula is C20H26N6O. The van der Waals surface area contributed by atoms with Crippen molar-refractivity contribution in [3.63, 3.8) is 0 Å². The molecule has 7 nitrogen and oxygen atoms in total. The van der Waals surface area contributed by atoms with E-state index >= 15 is 0 Å². The Morgan fingerprint density at radius 2 is 1.89 bits per heavy atom. The van der Waals surface area contributed by atoms with Crippen LogP contribution < -0.4 is 9.64 Å². The van der Waals surface area contributed by atoms with Gasteiger partial charge in [-0.1, -0.05) is 0 Å². The summed E-state index contributed by atoms with van der Waals surface area (Å²) in [6, 6.07) is 2.10. The number of piperidine rings is 1.